The number of hydrogen-bond donors (Lipinski definition) is 2. The van der Waals surface area contributed by atoms with Crippen LogP contribution in [0.25, 0.3) is 0 Å². The van der Waals surface area contributed by atoms with Crippen LogP contribution < -0.4 is 9.88 Å². The van der Waals surface area contributed by atoms with Crippen LogP contribution in [0, 0.1) is 0 Å². The number of carbonyl (C=O) groups is 3. The smallest absolute Gasteiger partial charge is 0.352 e. The number of benzene rings is 1. The predicted molar refractivity (Wildman–Crippen MR) is 135 cm³/mol. The fraction of sp³-hybridized carbons (Fsp3) is 0.273. The standard InChI is InChI=1S/C22H19Cl2N3O4S3/c1-26-6-4-14(5-7-26)32-9-12-10-34-21-18(20(29)27(21)19(12)22(30)31)25-17(28)11-33-16-8-13(23)2-3-15(16)24/h2-8,18,21H,9-11H2,1H3,(H-,25,28,30,31)/p+1/t18-,21-/m1/s1. The first-order valence-electron chi connectivity index (χ1n) is 10.1. The van der Waals surface area contributed by atoms with Gasteiger partial charge in [-0.05, 0) is 23.8 Å². The number of fused-ring (bicyclic) bond motifs is 1. The molecule has 12 heteroatoms. The van der Waals surface area contributed by atoms with Crippen molar-refractivity contribution in [1.29, 1.82) is 0 Å². The highest BCUT2D eigenvalue weighted by atomic mass is 35.5. The molecular weight excluding hydrogens is 537 g/mol. The summed E-state index contributed by atoms with van der Waals surface area (Å²) in [6, 6.07) is 8.15. The van der Waals surface area contributed by atoms with E-state index in [1.165, 1.54) is 40.2 Å². The highest BCUT2D eigenvalue weighted by Crippen LogP contribution is 2.41. The van der Waals surface area contributed by atoms with Crippen LogP contribution in [-0.4, -0.2) is 56.5 Å². The Morgan fingerprint density at radius 3 is 2.68 bits per heavy atom. The van der Waals surface area contributed by atoms with Crippen LogP contribution in [0.3, 0.4) is 0 Å². The number of pyridine rings is 1. The molecule has 2 amide bonds. The molecule has 1 aromatic carbocycles. The summed E-state index contributed by atoms with van der Waals surface area (Å²) in [5.41, 5.74) is 0.713. The van der Waals surface area contributed by atoms with E-state index in [4.69, 9.17) is 23.2 Å². The molecule has 7 nitrogen and oxygen atoms in total. The lowest BCUT2D eigenvalue weighted by atomic mass is 10.0. The van der Waals surface area contributed by atoms with E-state index in [0.717, 1.165) is 4.90 Å². The molecule has 0 aliphatic carbocycles. The Kier molecular flexibility index (Phi) is 8.04. The number of carbonyl (C=O) groups excluding carboxylic acids is 2. The molecule has 1 aromatic heterocycles. The summed E-state index contributed by atoms with van der Waals surface area (Å²) in [6.07, 6.45) is 3.84. The molecule has 0 saturated carbocycles. The van der Waals surface area contributed by atoms with Crippen LogP contribution in [0.2, 0.25) is 10.0 Å². The number of halogens is 2. The number of hydrogen-bond acceptors (Lipinski definition) is 6. The van der Waals surface area contributed by atoms with Crippen LogP contribution >= 0.6 is 58.5 Å². The van der Waals surface area contributed by atoms with Gasteiger partial charge in [0.05, 0.1) is 10.8 Å². The number of aromatic nitrogens is 1. The molecule has 0 bridgehead atoms. The number of carboxylic acids is 1. The van der Waals surface area contributed by atoms with Crippen molar-refractivity contribution in [3.63, 3.8) is 0 Å². The van der Waals surface area contributed by atoms with Crippen molar-refractivity contribution in [2.75, 3.05) is 17.3 Å². The lowest BCUT2D eigenvalue weighted by molar-refractivity contribution is -0.671. The molecule has 2 aliphatic heterocycles. The van der Waals surface area contributed by atoms with E-state index in [-0.39, 0.29) is 17.4 Å². The maximum absolute atomic E-state index is 12.8. The van der Waals surface area contributed by atoms with Gasteiger partial charge in [0.2, 0.25) is 5.91 Å². The summed E-state index contributed by atoms with van der Waals surface area (Å²) in [7, 11) is 1.92. The van der Waals surface area contributed by atoms with E-state index >= 15 is 0 Å². The van der Waals surface area contributed by atoms with Crippen molar-refractivity contribution in [3.8, 4) is 0 Å². The number of amides is 2. The van der Waals surface area contributed by atoms with E-state index < -0.39 is 23.3 Å². The monoisotopic (exact) mass is 556 g/mol. The molecule has 0 spiro atoms. The molecule has 34 heavy (non-hydrogen) atoms. The number of β-lactam (4-membered cyclic amide) rings is 1. The normalized spacial score (nSPS) is 19.5. The van der Waals surface area contributed by atoms with Crippen LogP contribution in [0.5, 0.6) is 0 Å². The van der Waals surface area contributed by atoms with Gasteiger partial charge in [-0.25, -0.2) is 9.36 Å². The minimum Gasteiger partial charge on any atom is -0.477 e. The van der Waals surface area contributed by atoms with Gasteiger partial charge in [0.25, 0.3) is 5.91 Å². The Hall–Kier alpha value is -1.85. The fourth-order valence-corrected chi connectivity index (χ4v) is 7.17. The van der Waals surface area contributed by atoms with E-state index in [1.807, 2.05) is 36.1 Å². The van der Waals surface area contributed by atoms with Crippen molar-refractivity contribution in [3.05, 3.63) is 64.0 Å². The summed E-state index contributed by atoms with van der Waals surface area (Å²) in [6.45, 7) is 0. The van der Waals surface area contributed by atoms with Crippen molar-refractivity contribution >= 4 is 76.3 Å². The second-order valence-electron chi connectivity index (χ2n) is 7.56. The number of nitrogens with zero attached hydrogens (tertiary/aromatic N) is 2. The summed E-state index contributed by atoms with van der Waals surface area (Å²) >= 11 is 16.3. The molecular formula is C22H20Cl2N3O4S3+. The highest BCUT2D eigenvalue weighted by Gasteiger charge is 2.54. The van der Waals surface area contributed by atoms with Gasteiger partial charge in [0.15, 0.2) is 12.4 Å². The summed E-state index contributed by atoms with van der Waals surface area (Å²) in [4.78, 5) is 40.3. The summed E-state index contributed by atoms with van der Waals surface area (Å²) < 4.78 is 1.92. The minimum atomic E-state index is -1.13. The Labute approximate surface area is 219 Å². The van der Waals surface area contributed by atoms with Crippen LogP contribution in [0.4, 0.5) is 0 Å². The van der Waals surface area contributed by atoms with E-state index in [1.54, 1.807) is 18.2 Å². The second kappa shape index (κ2) is 10.8. The topological polar surface area (TPSA) is 90.6 Å². The average Bonchev–Trinajstić information content (AvgIpc) is 2.81. The zero-order valence-electron chi connectivity index (χ0n) is 17.9. The maximum Gasteiger partial charge on any atom is 0.352 e. The third kappa shape index (κ3) is 5.52. The molecule has 0 unspecified atom stereocenters. The molecule has 2 aliphatic rings. The number of aryl methyl sites for hydroxylation is 1. The van der Waals surface area contributed by atoms with Gasteiger partial charge in [-0.2, -0.15) is 0 Å². The minimum absolute atomic E-state index is 0.0216. The molecule has 2 N–H and O–H groups in total. The van der Waals surface area contributed by atoms with Crippen molar-refractivity contribution in [2.45, 2.75) is 21.2 Å². The molecule has 1 fully saturated rings. The average molecular weight is 558 g/mol. The number of thioether (sulfide) groups is 3. The number of aliphatic carboxylic acids is 1. The van der Waals surface area contributed by atoms with Gasteiger partial charge in [0, 0.05) is 38.5 Å². The van der Waals surface area contributed by atoms with Crippen molar-refractivity contribution < 1.29 is 24.1 Å². The Morgan fingerprint density at radius 1 is 1.24 bits per heavy atom. The fourth-order valence-electron chi connectivity index (χ4n) is 3.49. The van der Waals surface area contributed by atoms with Gasteiger partial charge in [-0.1, -0.05) is 23.2 Å². The van der Waals surface area contributed by atoms with E-state index in [9.17, 15) is 19.5 Å². The SMILES string of the molecule is C[n+]1ccc(SCC2=C(C(=O)O)N3C(=O)[C@@H](NC(=O)CSc4cc(Cl)ccc4Cl)[C@H]3SC2)cc1. The zero-order valence-corrected chi connectivity index (χ0v) is 21.8. The third-order valence-electron chi connectivity index (χ3n) is 5.18. The van der Waals surface area contributed by atoms with Crippen LogP contribution in [0.15, 0.2) is 63.8 Å². The molecule has 2 aromatic rings. The summed E-state index contributed by atoms with van der Waals surface area (Å²) in [5.74, 6) is -0.887. The predicted octanol–water partition coefficient (Wildman–Crippen LogP) is 3.44. The van der Waals surface area contributed by atoms with Gasteiger partial charge in [-0.3, -0.25) is 14.5 Å². The largest absolute Gasteiger partial charge is 0.477 e. The van der Waals surface area contributed by atoms with Gasteiger partial charge >= 0.3 is 5.97 Å². The lowest BCUT2D eigenvalue weighted by Gasteiger charge is -2.49. The first-order chi connectivity index (χ1) is 16.2. The molecule has 2 atom stereocenters. The van der Waals surface area contributed by atoms with Crippen LogP contribution in [0.1, 0.15) is 0 Å². The third-order valence-corrected chi connectivity index (χ3v) is 9.35. The molecule has 0 radical (unpaired) electrons. The Balaban J connectivity index is 1.38. The van der Waals surface area contributed by atoms with Crippen molar-refractivity contribution in [2.24, 2.45) is 7.05 Å². The first-order valence-corrected chi connectivity index (χ1v) is 13.9. The number of rotatable bonds is 8. The first kappa shape index (κ1) is 25.2. The van der Waals surface area contributed by atoms with E-state index in [0.29, 0.717) is 32.0 Å². The van der Waals surface area contributed by atoms with Gasteiger partial charge in [-0.15, -0.1) is 35.3 Å². The molecule has 1 saturated heterocycles. The lowest BCUT2D eigenvalue weighted by Crippen LogP contribution is -2.70. The summed E-state index contributed by atoms with van der Waals surface area (Å²) in [5, 5.41) is 13.1. The van der Waals surface area contributed by atoms with Gasteiger partial charge in [0.1, 0.15) is 24.2 Å². The van der Waals surface area contributed by atoms with Crippen molar-refractivity contribution in [1.82, 2.24) is 10.2 Å². The molecule has 3 heterocycles. The quantitative estimate of drug-likeness (QED) is 0.292. The number of nitrogens with one attached hydrogen (secondary N) is 1. The van der Waals surface area contributed by atoms with Crippen LogP contribution in [-0.2, 0) is 21.4 Å². The molecule has 178 valence electrons. The van der Waals surface area contributed by atoms with Gasteiger partial charge < -0.3 is 10.4 Å². The Morgan fingerprint density at radius 2 is 1.97 bits per heavy atom. The second-order valence-corrected chi connectivity index (χ2v) is 11.6. The zero-order chi connectivity index (χ0) is 24.4. The Bertz CT molecular complexity index is 1180. The maximum atomic E-state index is 12.8. The van der Waals surface area contributed by atoms with E-state index in [2.05, 4.69) is 5.32 Å². The highest BCUT2D eigenvalue weighted by molar-refractivity contribution is 8.01. The number of carboxylic acid groups (broad SMARTS) is 1. The molecule has 4 rings (SSSR count).